The van der Waals surface area contributed by atoms with Crippen molar-refractivity contribution in [1.29, 1.82) is 0 Å². The van der Waals surface area contributed by atoms with Crippen molar-refractivity contribution in [3.63, 3.8) is 0 Å². The number of amides is 2. The van der Waals surface area contributed by atoms with Gasteiger partial charge in [-0.3, -0.25) is 14.6 Å². The lowest BCUT2D eigenvalue weighted by molar-refractivity contribution is -0.116. The number of anilines is 2. The molecule has 0 fully saturated rings. The number of hydrogen-bond donors (Lipinski definition) is 0. The predicted octanol–water partition coefficient (Wildman–Crippen LogP) is 2.34. The van der Waals surface area contributed by atoms with Gasteiger partial charge in [-0.05, 0) is 36.4 Å². The Kier molecular flexibility index (Phi) is 4.33. The molecule has 0 N–H and O–H groups in total. The smallest absolute Gasteiger partial charge is 0.258 e. The zero-order chi connectivity index (χ0) is 15.4. The van der Waals surface area contributed by atoms with Crippen LogP contribution in [0.25, 0.3) is 0 Å². The standard InChI is InChI=1S/C16H17N3O2/c1-12(20)18(2)14-8-6-13(7-9-14)16(21)19(3)15-5-4-10-17-11-15/h4-11H,1-3H3. The number of nitrogens with zero attached hydrogens (tertiary/aromatic N) is 3. The Labute approximate surface area is 123 Å². The fourth-order valence-corrected chi connectivity index (χ4v) is 1.87. The summed E-state index contributed by atoms with van der Waals surface area (Å²) in [4.78, 5) is 30.7. The average molecular weight is 283 g/mol. The van der Waals surface area contributed by atoms with E-state index >= 15 is 0 Å². The van der Waals surface area contributed by atoms with Crippen molar-refractivity contribution in [1.82, 2.24) is 4.98 Å². The van der Waals surface area contributed by atoms with Gasteiger partial charge in [0.2, 0.25) is 5.91 Å². The van der Waals surface area contributed by atoms with E-state index in [0.717, 1.165) is 11.4 Å². The maximum atomic E-state index is 12.4. The Morgan fingerprint density at radius 1 is 0.952 bits per heavy atom. The highest BCUT2D eigenvalue weighted by Crippen LogP contribution is 2.17. The predicted molar refractivity (Wildman–Crippen MR) is 82.5 cm³/mol. The van der Waals surface area contributed by atoms with Crippen LogP contribution in [0.5, 0.6) is 0 Å². The summed E-state index contributed by atoms with van der Waals surface area (Å²) in [6.07, 6.45) is 3.30. The third-order valence-electron chi connectivity index (χ3n) is 3.31. The van der Waals surface area contributed by atoms with Crippen molar-refractivity contribution in [3.8, 4) is 0 Å². The Bertz CT molecular complexity index is 638. The second-order valence-electron chi connectivity index (χ2n) is 4.70. The van der Waals surface area contributed by atoms with Crippen LogP contribution < -0.4 is 9.80 Å². The van der Waals surface area contributed by atoms with Crippen molar-refractivity contribution < 1.29 is 9.59 Å². The monoisotopic (exact) mass is 283 g/mol. The second kappa shape index (κ2) is 6.17. The lowest BCUT2D eigenvalue weighted by Crippen LogP contribution is -2.26. The summed E-state index contributed by atoms with van der Waals surface area (Å²) >= 11 is 0. The third-order valence-corrected chi connectivity index (χ3v) is 3.31. The molecule has 2 rings (SSSR count). The van der Waals surface area contributed by atoms with Gasteiger partial charge in [-0.25, -0.2) is 0 Å². The first-order valence-electron chi connectivity index (χ1n) is 6.53. The SMILES string of the molecule is CC(=O)N(C)c1ccc(C(=O)N(C)c2cccnc2)cc1. The van der Waals surface area contributed by atoms with Gasteiger partial charge < -0.3 is 9.80 Å². The number of pyridine rings is 1. The molecule has 2 amide bonds. The zero-order valence-electron chi connectivity index (χ0n) is 12.3. The molecule has 0 saturated heterocycles. The summed E-state index contributed by atoms with van der Waals surface area (Å²) < 4.78 is 0. The van der Waals surface area contributed by atoms with E-state index < -0.39 is 0 Å². The van der Waals surface area contributed by atoms with Gasteiger partial charge in [0.25, 0.3) is 5.91 Å². The third kappa shape index (κ3) is 3.25. The highest BCUT2D eigenvalue weighted by atomic mass is 16.2. The first-order chi connectivity index (χ1) is 10.0. The molecular formula is C16H17N3O2. The molecule has 2 aromatic rings. The summed E-state index contributed by atoms with van der Waals surface area (Å²) in [7, 11) is 3.40. The Balaban J connectivity index is 2.19. The van der Waals surface area contributed by atoms with Crippen LogP contribution in [0.3, 0.4) is 0 Å². The van der Waals surface area contributed by atoms with Gasteiger partial charge in [-0.15, -0.1) is 0 Å². The normalized spacial score (nSPS) is 10.0. The van der Waals surface area contributed by atoms with E-state index in [4.69, 9.17) is 0 Å². The van der Waals surface area contributed by atoms with E-state index in [0.29, 0.717) is 5.56 Å². The molecule has 0 aliphatic carbocycles. The number of carbonyl (C=O) groups is 2. The molecule has 0 saturated carbocycles. The lowest BCUT2D eigenvalue weighted by Gasteiger charge is -2.18. The first-order valence-corrected chi connectivity index (χ1v) is 6.53. The van der Waals surface area contributed by atoms with Crippen molar-refractivity contribution in [2.75, 3.05) is 23.9 Å². The van der Waals surface area contributed by atoms with Crippen LogP contribution >= 0.6 is 0 Å². The lowest BCUT2D eigenvalue weighted by atomic mass is 10.1. The van der Waals surface area contributed by atoms with Gasteiger partial charge in [0.1, 0.15) is 0 Å². The molecule has 21 heavy (non-hydrogen) atoms. The zero-order valence-corrected chi connectivity index (χ0v) is 12.3. The van der Waals surface area contributed by atoms with Gasteiger partial charge in [0, 0.05) is 38.5 Å². The van der Waals surface area contributed by atoms with Gasteiger partial charge in [-0.1, -0.05) is 0 Å². The topological polar surface area (TPSA) is 53.5 Å². The van der Waals surface area contributed by atoms with Crippen LogP contribution in [0.2, 0.25) is 0 Å². The fourth-order valence-electron chi connectivity index (χ4n) is 1.87. The number of rotatable bonds is 3. The van der Waals surface area contributed by atoms with Crippen LogP contribution in [-0.4, -0.2) is 30.9 Å². The minimum Gasteiger partial charge on any atom is -0.316 e. The van der Waals surface area contributed by atoms with Crippen LogP contribution in [0.4, 0.5) is 11.4 Å². The quantitative estimate of drug-likeness (QED) is 0.868. The number of benzene rings is 1. The molecule has 0 spiro atoms. The molecule has 1 heterocycles. The minimum absolute atomic E-state index is 0.0541. The summed E-state index contributed by atoms with van der Waals surface area (Å²) in [5.41, 5.74) is 2.04. The van der Waals surface area contributed by atoms with Crippen molar-refractivity contribution in [2.45, 2.75) is 6.92 Å². The molecule has 1 aromatic heterocycles. The van der Waals surface area contributed by atoms with Crippen LogP contribution in [-0.2, 0) is 4.79 Å². The molecular weight excluding hydrogens is 266 g/mol. The molecule has 0 aliphatic heterocycles. The summed E-state index contributed by atoms with van der Waals surface area (Å²) in [5, 5.41) is 0. The molecule has 1 aromatic carbocycles. The van der Waals surface area contributed by atoms with Crippen LogP contribution in [0.1, 0.15) is 17.3 Å². The number of aromatic nitrogens is 1. The van der Waals surface area contributed by atoms with E-state index in [9.17, 15) is 9.59 Å². The van der Waals surface area contributed by atoms with Gasteiger partial charge >= 0.3 is 0 Å². The van der Waals surface area contributed by atoms with Gasteiger partial charge in [0.15, 0.2) is 0 Å². The molecule has 0 aliphatic rings. The average Bonchev–Trinajstić information content (AvgIpc) is 2.53. The molecule has 0 radical (unpaired) electrons. The maximum absolute atomic E-state index is 12.4. The Morgan fingerprint density at radius 3 is 2.14 bits per heavy atom. The van der Waals surface area contributed by atoms with E-state index in [1.165, 1.54) is 16.7 Å². The fraction of sp³-hybridized carbons (Fsp3) is 0.188. The van der Waals surface area contributed by atoms with Crippen LogP contribution in [0, 0.1) is 0 Å². The molecule has 0 atom stereocenters. The second-order valence-corrected chi connectivity index (χ2v) is 4.70. The number of carbonyl (C=O) groups excluding carboxylic acids is 2. The highest BCUT2D eigenvalue weighted by molar-refractivity contribution is 6.06. The van der Waals surface area contributed by atoms with E-state index in [1.807, 2.05) is 6.07 Å². The van der Waals surface area contributed by atoms with E-state index in [2.05, 4.69) is 4.98 Å². The minimum atomic E-state index is -0.125. The van der Waals surface area contributed by atoms with Crippen LogP contribution in [0.15, 0.2) is 48.8 Å². The maximum Gasteiger partial charge on any atom is 0.258 e. The van der Waals surface area contributed by atoms with Crippen molar-refractivity contribution in [2.24, 2.45) is 0 Å². The molecule has 0 unspecified atom stereocenters. The Hall–Kier alpha value is -2.69. The first kappa shape index (κ1) is 14.7. The molecule has 5 nitrogen and oxygen atoms in total. The van der Waals surface area contributed by atoms with Crippen molar-refractivity contribution in [3.05, 3.63) is 54.4 Å². The summed E-state index contributed by atoms with van der Waals surface area (Å²) in [6, 6.07) is 10.5. The molecule has 108 valence electrons. The van der Waals surface area contributed by atoms with Gasteiger partial charge in [-0.2, -0.15) is 0 Å². The number of hydrogen-bond acceptors (Lipinski definition) is 3. The van der Waals surface area contributed by atoms with E-state index in [-0.39, 0.29) is 11.8 Å². The van der Waals surface area contributed by atoms with Gasteiger partial charge in [0.05, 0.1) is 11.9 Å². The largest absolute Gasteiger partial charge is 0.316 e. The Morgan fingerprint density at radius 2 is 1.62 bits per heavy atom. The highest BCUT2D eigenvalue weighted by Gasteiger charge is 2.14. The van der Waals surface area contributed by atoms with E-state index in [1.54, 1.807) is 56.8 Å². The molecule has 0 bridgehead atoms. The molecule has 5 heteroatoms. The van der Waals surface area contributed by atoms with Crippen molar-refractivity contribution >= 4 is 23.2 Å². The summed E-state index contributed by atoms with van der Waals surface area (Å²) in [6.45, 7) is 1.50. The summed E-state index contributed by atoms with van der Waals surface area (Å²) in [5.74, 6) is -0.179.